The molecule has 0 radical (unpaired) electrons. The molecule has 6 nitrogen and oxygen atoms in total. The summed E-state index contributed by atoms with van der Waals surface area (Å²) in [5.41, 5.74) is 2.94. The van der Waals surface area contributed by atoms with Crippen molar-refractivity contribution in [1.82, 2.24) is 4.98 Å². The van der Waals surface area contributed by atoms with E-state index in [1.54, 1.807) is 26.4 Å². The Balaban J connectivity index is 3.16. The number of pyridine rings is 1. The van der Waals surface area contributed by atoms with Crippen LogP contribution in [-0.4, -0.2) is 32.2 Å². The van der Waals surface area contributed by atoms with Gasteiger partial charge < -0.3 is 15.1 Å². The van der Waals surface area contributed by atoms with E-state index in [-0.39, 0.29) is 22.7 Å². The lowest BCUT2D eigenvalue weighted by atomic mass is 9.82. The third-order valence-corrected chi connectivity index (χ3v) is 6.94. The predicted molar refractivity (Wildman–Crippen MR) is 108 cm³/mol. The van der Waals surface area contributed by atoms with Crippen molar-refractivity contribution in [2.45, 2.75) is 44.9 Å². The quantitative estimate of drug-likeness (QED) is 0.485. The highest BCUT2D eigenvalue weighted by atomic mass is 31.2. The second-order valence-electron chi connectivity index (χ2n) is 7.19. The second-order valence-corrected chi connectivity index (χ2v) is 9.30. The van der Waals surface area contributed by atoms with Crippen LogP contribution in [0.15, 0.2) is 30.3 Å². The van der Waals surface area contributed by atoms with E-state index < -0.39 is 30.4 Å². The maximum absolute atomic E-state index is 13.5. The maximum Gasteiger partial charge on any atom is 0.327 e. The van der Waals surface area contributed by atoms with E-state index in [0.29, 0.717) is 11.3 Å². The molecule has 1 aromatic carbocycles. The normalized spacial score (nSPS) is 16.5. The van der Waals surface area contributed by atoms with Crippen LogP contribution in [-0.2, 0) is 14.5 Å². The summed E-state index contributed by atoms with van der Waals surface area (Å²) in [6.07, 6.45) is 3.44. The number of terminal acetylenes is 1. The Labute approximate surface area is 168 Å². The molecule has 3 N–H and O–H groups in total. The summed E-state index contributed by atoms with van der Waals surface area (Å²) in [4.78, 5) is 27.5. The molecule has 1 aromatic heterocycles. The fourth-order valence-corrected chi connectivity index (χ4v) is 5.01. The molecule has 1 heterocycles. The van der Waals surface area contributed by atoms with Crippen molar-refractivity contribution in [3.8, 4) is 23.2 Å². The van der Waals surface area contributed by atoms with Gasteiger partial charge in [0.05, 0.1) is 6.10 Å². The fraction of sp³-hybridized carbons (Fsp3) is 0.333. The summed E-state index contributed by atoms with van der Waals surface area (Å²) >= 11 is 0. The number of hydrogen-bond acceptors (Lipinski definition) is 4. The Bertz CT molecular complexity index is 1030. The van der Waals surface area contributed by atoms with Gasteiger partial charge in [-0.3, -0.25) is 14.3 Å². The van der Waals surface area contributed by atoms with Crippen molar-refractivity contribution >= 4 is 13.3 Å². The number of carboxylic acid groups (broad SMARTS) is 1. The Hall–Kier alpha value is -2.52. The summed E-state index contributed by atoms with van der Waals surface area (Å²) in [6, 6.07) is 6.75. The minimum absolute atomic E-state index is 0.143. The van der Waals surface area contributed by atoms with Crippen molar-refractivity contribution in [3.63, 3.8) is 0 Å². The Morgan fingerprint density at radius 3 is 2.24 bits per heavy atom. The van der Waals surface area contributed by atoms with Crippen LogP contribution in [0, 0.1) is 24.8 Å². The van der Waals surface area contributed by atoms with Crippen LogP contribution in [0.3, 0.4) is 0 Å². The van der Waals surface area contributed by atoms with Gasteiger partial charge in [0, 0.05) is 17.0 Å². The highest BCUT2D eigenvalue weighted by Crippen LogP contribution is 2.63. The van der Waals surface area contributed by atoms with Crippen molar-refractivity contribution in [2.75, 3.05) is 0 Å². The first-order valence-electron chi connectivity index (χ1n) is 8.90. The lowest BCUT2D eigenvalue weighted by Crippen LogP contribution is -2.46. The molecule has 0 saturated carbocycles. The van der Waals surface area contributed by atoms with Crippen LogP contribution >= 0.6 is 7.37 Å². The predicted octanol–water partition coefficient (Wildman–Crippen LogP) is 3.84. The van der Waals surface area contributed by atoms with Crippen molar-refractivity contribution in [1.29, 1.82) is 0 Å². The average molecular weight is 419 g/mol. The number of rotatable bonds is 6. The number of carboxylic acids is 1. The maximum atomic E-state index is 13.5. The highest BCUT2D eigenvalue weighted by molar-refractivity contribution is 7.65. The summed E-state index contributed by atoms with van der Waals surface area (Å²) in [6.45, 7) is 6.28. The molecule has 0 saturated heterocycles. The largest absolute Gasteiger partial charge is 0.480 e. The van der Waals surface area contributed by atoms with E-state index in [1.807, 2.05) is 0 Å². The van der Waals surface area contributed by atoms with Crippen LogP contribution in [0.2, 0.25) is 0 Å². The monoisotopic (exact) mass is 419 g/mol. The number of aromatic nitrogens is 1. The third kappa shape index (κ3) is 3.72. The first-order chi connectivity index (χ1) is 13.4. The molecule has 2 aromatic rings. The topological polar surface area (TPSA) is 108 Å². The Morgan fingerprint density at radius 1 is 1.28 bits per heavy atom. The highest BCUT2D eigenvalue weighted by Gasteiger charge is 2.61. The zero-order chi connectivity index (χ0) is 22.1. The van der Waals surface area contributed by atoms with Crippen molar-refractivity contribution in [3.05, 3.63) is 53.1 Å². The minimum atomic E-state index is -4.92. The van der Waals surface area contributed by atoms with Gasteiger partial charge in [0.15, 0.2) is 0 Å². The molecule has 0 aliphatic heterocycles. The molecule has 0 amide bonds. The second kappa shape index (κ2) is 8.08. The van der Waals surface area contributed by atoms with Crippen LogP contribution in [0.5, 0.6) is 0 Å². The number of hydrogen-bond donors (Lipinski definition) is 3. The number of aliphatic hydroxyl groups excluding tert-OH is 1. The Kier molecular flexibility index (Phi) is 6.34. The van der Waals surface area contributed by atoms with E-state index in [1.165, 1.54) is 30.3 Å². The number of aliphatic hydroxyl groups is 1. The molecule has 154 valence electrons. The summed E-state index contributed by atoms with van der Waals surface area (Å²) in [5, 5.41) is 18.0. The first kappa shape index (κ1) is 22.8. The smallest absolute Gasteiger partial charge is 0.327 e. The zero-order valence-electron chi connectivity index (χ0n) is 16.5. The van der Waals surface area contributed by atoms with E-state index in [9.17, 15) is 28.9 Å². The van der Waals surface area contributed by atoms with Gasteiger partial charge in [-0.2, -0.15) is 0 Å². The molecule has 3 atom stereocenters. The molecule has 0 spiro atoms. The van der Waals surface area contributed by atoms with Crippen LogP contribution < -0.4 is 0 Å². The van der Waals surface area contributed by atoms with Gasteiger partial charge in [-0.25, -0.2) is 4.39 Å². The Morgan fingerprint density at radius 2 is 1.83 bits per heavy atom. The number of nitrogens with zero attached hydrogens (tertiary/aromatic N) is 1. The average Bonchev–Trinajstić information content (AvgIpc) is 2.62. The standard InChI is InChI=1S/C21H23FNO5P/c1-6-29(27,28)21(14(5)24,20(25)26)18-17(15-7-9-16(22)10-8-15)11-13(4)23-19(18)12(2)3/h1,7-12,14,24H,2-5H3,(H,25,26)(H,27,28). The summed E-state index contributed by atoms with van der Waals surface area (Å²) in [5.74, 6) is -2.60. The van der Waals surface area contributed by atoms with Crippen LogP contribution in [0.1, 0.15) is 43.6 Å². The molecule has 8 heteroatoms. The van der Waals surface area contributed by atoms with Crippen molar-refractivity contribution < 1.29 is 28.9 Å². The fourth-order valence-electron chi connectivity index (χ4n) is 3.50. The molecular formula is C21H23FNO5P. The number of aliphatic carboxylic acids is 1. The molecule has 0 aliphatic carbocycles. The van der Waals surface area contributed by atoms with Crippen LogP contribution in [0.25, 0.3) is 11.1 Å². The van der Waals surface area contributed by atoms with Crippen LogP contribution in [0.4, 0.5) is 4.39 Å². The van der Waals surface area contributed by atoms with Gasteiger partial charge in [-0.1, -0.05) is 26.0 Å². The van der Waals surface area contributed by atoms with Gasteiger partial charge in [0.1, 0.15) is 5.82 Å². The van der Waals surface area contributed by atoms with E-state index >= 15 is 0 Å². The van der Waals surface area contributed by atoms with Gasteiger partial charge in [0.25, 0.3) is 7.37 Å². The van der Waals surface area contributed by atoms with Crippen molar-refractivity contribution in [2.24, 2.45) is 0 Å². The van der Waals surface area contributed by atoms with Gasteiger partial charge in [-0.15, -0.1) is 6.42 Å². The lowest BCUT2D eigenvalue weighted by molar-refractivity contribution is -0.143. The van der Waals surface area contributed by atoms with Gasteiger partial charge in [0.2, 0.25) is 5.16 Å². The summed E-state index contributed by atoms with van der Waals surface area (Å²) < 4.78 is 26.5. The molecule has 2 rings (SSSR count). The van der Waals surface area contributed by atoms with Gasteiger partial charge in [-0.05, 0) is 54.8 Å². The first-order valence-corrected chi connectivity index (χ1v) is 10.6. The van der Waals surface area contributed by atoms with E-state index in [2.05, 4.69) is 4.98 Å². The molecule has 0 bridgehead atoms. The minimum Gasteiger partial charge on any atom is -0.480 e. The summed E-state index contributed by atoms with van der Waals surface area (Å²) in [7, 11) is -4.92. The lowest BCUT2D eigenvalue weighted by Gasteiger charge is -2.37. The third-order valence-electron chi connectivity index (χ3n) is 4.84. The molecular weight excluding hydrogens is 396 g/mol. The van der Waals surface area contributed by atoms with E-state index in [0.717, 1.165) is 6.92 Å². The number of carbonyl (C=O) groups is 1. The molecule has 29 heavy (non-hydrogen) atoms. The number of halogens is 1. The number of aryl methyl sites for hydroxylation is 1. The van der Waals surface area contributed by atoms with E-state index in [4.69, 9.17) is 6.42 Å². The number of benzene rings is 1. The zero-order valence-corrected chi connectivity index (χ0v) is 17.4. The molecule has 0 aliphatic rings. The van der Waals surface area contributed by atoms with Gasteiger partial charge >= 0.3 is 5.97 Å². The SMILES string of the molecule is C#CP(=O)(O)C(C(=O)O)(c1c(-c2ccc(F)cc2)cc(C)nc1C(C)C)C(C)O. The molecule has 0 fully saturated rings. The molecule has 3 unspecified atom stereocenters.